The number of anilines is 1. The summed E-state index contributed by atoms with van der Waals surface area (Å²) in [6, 6.07) is 6.52. The van der Waals surface area contributed by atoms with E-state index in [9.17, 15) is 13.2 Å². The molecule has 0 bridgehead atoms. The molecule has 6 heteroatoms. The zero-order valence-electron chi connectivity index (χ0n) is 14.1. The smallest absolute Gasteiger partial charge is 0.266 e. The first kappa shape index (κ1) is 19.5. The van der Waals surface area contributed by atoms with Crippen molar-refractivity contribution in [3.63, 3.8) is 0 Å². The number of rotatable bonds is 11. The van der Waals surface area contributed by atoms with E-state index in [1.807, 2.05) is 0 Å². The predicted molar refractivity (Wildman–Crippen MR) is 93.9 cm³/mol. The molecule has 0 heterocycles. The maximum atomic E-state index is 12.3. The molecule has 2 N–H and O–H groups in total. The van der Waals surface area contributed by atoms with Crippen LogP contribution in [0.1, 0.15) is 58.3 Å². The van der Waals surface area contributed by atoms with Crippen molar-refractivity contribution in [2.45, 2.75) is 63.2 Å². The molecular formula is C17H28N2O3S. The number of benzene rings is 1. The Morgan fingerprint density at radius 1 is 1.00 bits per heavy atom. The van der Waals surface area contributed by atoms with Gasteiger partial charge in [-0.1, -0.05) is 57.6 Å². The van der Waals surface area contributed by atoms with Gasteiger partial charge in [-0.3, -0.25) is 4.79 Å². The maximum absolute atomic E-state index is 12.3. The van der Waals surface area contributed by atoms with E-state index in [1.54, 1.807) is 25.2 Å². The number of unbranched alkanes of at least 4 members (excludes halogenated alkanes) is 6. The summed E-state index contributed by atoms with van der Waals surface area (Å²) in [5.74, 6) is -0.440. The molecule has 0 spiro atoms. The Bertz CT molecular complexity index is 585. The molecule has 0 saturated heterocycles. The molecule has 1 aromatic carbocycles. The van der Waals surface area contributed by atoms with Crippen LogP contribution in [0.15, 0.2) is 29.2 Å². The molecule has 130 valence electrons. The highest BCUT2D eigenvalue weighted by molar-refractivity contribution is 7.90. The topological polar surface area (TPSA) is 75.3 Å². The number of hydrogen-bond acceptors (Lipinski definition) is 4. The molecule has 23 heavy (non-hydrogen) atoms. The van der Waals surface area contributed by atoms with Gasteiger partial charge in [-0.15, -0.1) is 0 Å². The predicted octanol–water partition coefficient (Wildman–Crippen LogP) is 3.67. The minimum absolute atomic E-state index is 0.0930. The first-order chi connectivity index (χ1) is 11.0. The third-order valence-electron chi connectivity index (χ3n) is 3.70. The molecule has 0 atom stereocenters. The van der Waals surface area contributed by atoms with E-state index >= 15 is 0 Å². The van der Waals surface area contributed by atoms with Crippen LogP contribution >= 0.6 is 0 Å². The van der Waals surface area contributed by atoms with E-state index in [2.05, 4.69) is 17.0 Å². The van der Waals surface area contributed by atoms with Gasteiger partial charge in [0.15, 0.2) is 0 Å². The van der Waals surface area contributed by atoms with Gasteiger partial charge >= 0.3 is 0 Å². The monoisotopic (exact) mass is 340 g/mol. The molecule has 0 fully saturated rings. The normalized spacial score (nSPS) is 11.2. The van der Waals surface area contributed by atoms with Crippen LogP contribution < -0.4 is 10.0 Å². The second-order valence-electron chi connectivity index (χ2n) is 5.65. The van der Waals surface area contributed by atoms with Crippen molar-refractivity contribution in [3.8, 4) is 0 Å². The van der Waals surface area contributed by atoms with Gasteiger partial charge in [-0.25, -0.2) is 13.1 Å². The molecule has 0 aliphatic rings. The number of nitrogens with one attached hydrogen (secondary N) is 2. The molecule has 0 aromatic heterocycles. The van der Waals surface area contributed by atoms with Gasteiger partial charge in [-0.2, -0.15) is 0 Å². The number of sulfonamides is 1. The summed E-state index contributed by atoms with van der Waals surface area (Å²) in [6.45, 7) is 2.18. The lowest BCUT2D eigenvalue weighted by Gasteiger charge is -2.11. The number of amides is 1. The fourth-order valence-electron chi connectivity index (χ4n) is 2.41. The molecule has 0 radical (unpaired) electrons. The molecule has 0 aliphatic carbocycles. The van der Waals surface area contributed by atoms with Crippen molar-refractivity contribution in [2.75, 3.05) is 12.4 Å². The van der Waals surface area contributed by atoms with Gasteiger partial charge < -0.3 is 5.32 Å². The summed E-state index contributed by atoms with van der Waals surface area (Å²) in [7, 11) is -2.17. The maximum Gasteiger partial charge on any atom is 0.266 e. The van der Waals surface area contributed by atoms with E-state index in [1.165, 1.54) is 31.7 Å². The molecule has 1 aromatic rings. The summed E-state index contributed by atoms with van der Waals surface area (Å²) in [5.41, 5.74) is 0.476. The standard InChI is InChI=1S/C17H28N2O3S/c1-3-4-5-6-7-8-9-14-17(20)19-23(21,22)16-13-11-10-12-15(16)18-2/h10-13,18H,3-9,14H2,1-2H3,(H,19,20). The van der Waals surface area contributed by atoms with Gasteiger partial charge in [-0.05, 0) is 18.6 Å². The van der Waals surface area contributed by atoms with Crippen LogP contribution in [0.5, 0.6) is 0 Å². The summed E-state index contributed by atoms with van der Waals surface area (Å²) >= 11 is 0. The lowest BCUT2D eigenvalue weighted by Crippen LogP contribution is -2.30. The van der Waals surface area contributed by atoms with E-state index in [0.29, 0.717) is 5.69 Å². The fraction of sp³-hybridized carbons (Fsp3) is 0.588. The fourth-order valence-corrected chi connectivity index (χ4v) is 3.64. The molecule has 5 nitrogen and oxygen atoms in total. The Balaban J connectivity index is 2.41. The highest BCUT2D eigenvalue weighted by Crippen LogP contribution is 2.20. The largest absolute Gasteiger partial charge is 0.387 e. The van der Waals surface area contributed by atoms with Crippen molar-refractivity contribution in [1.82, 2.24) is 4.72 Å². The van der Waals surface area contributed by atoms with Crippen LogP contribution in [0.2, 0.25) is 0 Å². The van der Waals surface area contributed by atoms with E-state index in [4.69, 9.17) is 0 Å². The zero-order chi connectivity index (χ0) is 17.1. The number of hydrogen-bond donors (Lipinski definition) is 2. The van der Waals surface area contributed by atoms with Gasteiger partial charge in [0.1, 0.15) is 4.90 Å². The quantitative estimate of drug-likeness (QED) is 0.603. The van der Waals surface area contributed by atoms with Crippen molar-refractivity contribution in [2.24, 2.45) is 0 Å². The van der Waals surface area contributed by atoms with Crippen molar-refractivity contribution in [1.29, 1.82) is 0 Å². The Morgan fingerprint density at radius 2 is 1.61 bits per heavy atom. The Kier molecular flexibility index (Phi) is 8.69. The second kappa shape index (κ2) is 10.3. The minimum atomic E-state index is -3.82. The number of carbonyl (C=O) groups is 1. The molecule has 1 rings (SSSR count). The SMILES string of the molecule is CCCCCCCCCC(=O)NS(=O)(=O)c1ccccc1NC. The van der Waals surface area contributed by atoms with Crippen LogP contribution in [0.4, 0.5) is 5.69 Å². The van der Waals surface area contributed by atoms with Crippen LogP contribution in [-0.2, 0) is 14.8 Å². The average Bonchev–Trinajstić information content (AvgIpc) is 2.53. The first-order valence-corrected chi connectivity index (χ1v) is 9.82. The molecule has 1 amide bonds. The van der Waals surface area contributed by atoms with Crippen LogP contribution in [0.3, 0.4) is 0 Å². The highest BCUT2D eigenvalue weighted by Gasteiger charge is 2.20. The van der Waals surface area contributed by atoms with Gasteiger partial charge in [0, 0.05) is 13.5 Å². The molecule has 0 unspecified atom stereocenters. The third-order valence-corrected chi connectivity index (χ3v) is 5.13. The number of para-hydroxylation sites is 1. The first-order valence-electron chi connectivity index (χ1n) is 8.33. The Labute approximate surface area is 139 Å². The van der Waals surface area contributed by atoms with Gasteiger partial charge in [0.05, 0.1) is 5.69 Å². The van der Waals surface area contributed by atoms with Crippen LogP contribution in [0.25, 0.3) is 0 Å². The highest BCUT2D eigenvalue weighted by atomic mass is 32.2. The minimum Gasteiger partial charge on any atom is -0.387 e. The van der Waals surface area contributed by atoms with Crippen LogP contribution in [0, 0.1) is 0 Å². The average molecular weight is 340 g/mol. The Hall–Kier alpha value is -1.56. The van der Waals surface area contributed by atoms with Crippen molar-refractivity contribution < 1.29 is 13.2 Å². The van der Waals surface area contributed by atoms with Crippen molar-refractivity contribution >= 4 is 21.6 Å². The zero-order valence-corrected chi connectivity index (χ0v) is 14.9. The lowest BCUT2D eigenvalue weighted by atomic mass is 10.1. The third kappa shape index (κ3) is 7.03. The summed E-state index contributed by atoms with van der Waals surface area (Å²) < 4.78 is 26.7. The molecule has 0 saturated carbocycles. The van der Waals surface area contributed by atoms with Gasteiger partial charge in [0.25, 0.3) is 10.0 Å². The van der Waals surface area contributed by atoms with E-state index in [0.717, 1.165) is 19.3 Å². The van der Waals surface area contributed by atoms with Gasteiger partial charge in [0.2, 0.25) is 5.91 Å². The number of carbonyl (C=O) groups excluding carboxylic acids is 1. The molecule has 0 aliphatic heterocycles. The summed E-state index contributed by atoms with van der Waals surface area (Å²) in [4.78, 5) is 11.9. The van der Waals surface area contributed by atoms with Crippen LogP contribution in [-0.4, -0.2) is 21.4 Å². The summed E-state index contributed by atoms with van der Waals surface area (Å²) in [6.07, 6.45) is 7.92. The lowest BCUT2D eigenvalue weighted by molar-refractivity contribution is -0.119. The molecular weight excluding hydrogens is 312 g/mol. The Morgan fingerprint density at radius 3 is 2.26 bits per heavy atom. The van der Waals surface area contributed by atoms with E-state index in [-0.39, 0.29) is 11.3 Å². The van der Waals surface area contributed by atoms with Crippen molar-refractivity contribution in [3.05, 3.63) is 24.3 Å². The van der Waals surface area contributed by atoms with E-state index < -0.39 is 15.9 Å². The second-order valence-corrected chi connectivity index (χ2v) is 7.30. The summed E-state index contributed by atoms with van der Waals surface area (Å²) in [5, 5.41) is 2.82.